The summed E-state index contributed by atoms with van der Waals surface area (Å²) in [6.07, 6.45) is 7.21. The number of hydrogen-bond donors (Lipinski definition) is 0. The van der Waals surface area contributed by atoms with Crippen LogP contribution >= 0.6 is 0 Å². The first-order chi connectivity index (χ1) is 4.52. The largest absolute Gasteiger partial charge is 0.0874 e. The summed E-state index contributed by atoms with van der Waals surface area (Å²) in [6.45, 7) is 9.35. The zero-order valence-corrected chi connectivity index (χ0v) is 7.57. The van der Waals surface area contributed by atoms with Crippen LogP contribution in [0, 0.1) is 10.8 Å². The Kier molecular flexibility index (Phi) is 1.66. The Morgan fingerprint density at radius 3 is 2.10 bits per heavy atom. The maximum absolute atomic E-state index is 2.38. The van der Waals surface area contributed by atoms with Crippen LogP contribution in [0.5, 0.6) is 0 Å². The van der Waals surface area contributed by atoms with Gasteiger partial charge in [0.05, 0.1) is 0 Å². The van der Waals surface area contributed by atoms with E-state index in [1.165, 1.54) is 12.8 Å². The first kappa shape index (κ1) is 7.84. The summed E-state index contributed by atoms with van der Waals surface area (Å²) in [4.78, 5) is 0. The molecular weight excluding hydrogens is 120 g/mol. The van der Waals surface area contributed by atoms with E-state index in [1.54, 1.807) is 0 Å². The van der Waals surface area contributed by atoms with Gasteiger partial charge in [-0.1, -0.05) is 39.8 Å². The third kappa shape index (κ3) is 0.902. The van der Waals surface area contributed by atoms with Crippen LogP contribution in [0.1, 0.15) is 40.5 Å². The van der Waals surface area contributed by atoms with Crippen molar-refractivity contribution in [2.24, 2.45) is 10.8 Å². The normalized spacial score (nSPS) is 36.8. The standard InChI is InChI=1S/C10H18/c1-5-10(4)8-6-7-9(10,2)3/h6,8H,5,7H2,1-4H3. The summed E-state index contributed by atoms with van der Waals surface area (Å²) >= 11 is 0. The van der Waals surface area contributed by atoms with Crippen molar-refractivity contribution in [3.63, 3.8) is 0 Å². The molecule has 0 radical (unpaired) electrons. The van der Waals surface area contributed by atoms with Crippen LogP contribution in [-0.4, -0.2) is 0 Å². The Hall–Kier alpha value is -0.260. The second-order valence-corrected chi connectivity index (χ2v) is 4.26. The van der Waals surface area contributed by atoms with Gasteiger partial charge in [0.15, 0.2) is 0 Å². The van der Waals surface area contributed by atoms with Gasteiger partial charge in [-0.05, 0) is 23.7 Å². The lowest BCUT2D eigenvalue weighted by molar-refractivity contribution is 0.161. The summed E-state index contributed by atoms with van der Waals surface area (Å²) in [6, 6.07) is 0. The van der Waals surface area contributed by atoms with Crippen LogP contribution in [0.4, 0.5) is 0 Å². The van der Waals surface area contributed by atoms with Crippen LogP contribution in [0.2, 0.25) is 0 Å². The highest BCUT2D eigenvalue weighted by Gasteiger charge is 2.39. The van der Waals surface area contributed by atoms with Crippen LogP contribution in [0.15, 0.2) is 12.2 Å². The molecule has 0 heteroatoms. The molecule has 0 saturated heterocycles. The predicted octanol–water partition coefficient (Wildman–Crippen LogP) is 3.39. The lowest BCUT2D eigenvalue weighted by atomic mass is 9.68. The van der Waals surface area contributed by atoms with Gasteiger partial charge >= 0.3 is 0 Å². The lowest BCUT2D eigenvalue weighted by Crippen LogP contribution is -2.28. The van der Waals surface area contributed by atoms with Crippen molar-refractivity contribution in [2.75, 3.05) is 0 Å². The summed E-state index contributed by atoms with van der Waals surface area (Å²) < 4.78 is 0. The van der Waals surface area contributed by atoms with Gasteiger partial charge < -0.3 is 0 Å². The van der Waals surface area contributed by atoms with Gasteiger partial charge in [0, 0.05) is 0 Å². The van der Waals surface area contributed by atoms with E-state index in [1.807, 2.05) is 0 Å². The Bertz CT molecular complexity index is 153. The van der Waals surface area contributed by atoms with Crippen molar-refractivity contribution < 1.29 is 0 Å². The molecule has 0 aromatic rings. The molecule has 0 spiro atoms. The van der Waals surface area contributed by atoms with Crippen molar-refractivity contribution in [2.45, 2.75) is 40.5 Å². The average Bonchev–Trinajstić information content (AvgIpc) is 2.10. The molecule has 0 fully saturated rings. The van der Waals surface area contributed by atoms with E-state index in [0.717, 1.165) is 0 Å². The Morgan fingerprint density at radius 1 is 1.30 bits per heavy atom. The number of allylic oxidation sites excluding steroid dienone is 2. The average molecular weight is 138 g/mol. The van der Waals surface area contributed by atoms with E-state index in [4.69, 9.17) is 0 Å². The van der Waals surface area contributed by atoms with Crippen LogP contribution < -0.4 is 0 Å². The Morgan fingerprint density at radius 2 is 1.90 bits per heavy atom. The molecule has 1 aliphatic rings. The summed E-state index contributed by atoms with van der Waals surface area (Å²) in [5.41, 5.74) is 0.939. The highest BCUT2D eigenvalue weighted by atomic mass is 14.4. The highest BCUT2D eigenvalue weighted by Crippen LogP contribution is 2.49. The van der Waals surface area contributed by atoms with Gasteiger partial charge in [-0.15, -0.1) is 0 Å². The minimum atomic E-state index is 0.451. The first-order valence-corrected chi connectivity index (χ1v) is 4.19. The second kappa shape index (κ2) is 2.11. The molecule has 0 saturated carbocycles. The molecule has 0 bridgehead atoms. The Labute approximate surface area is 64.3 Å². The van der Waals surface area contributed by atoms with Crippen molar-refractivity contribution in [3.05, 3.63) is 12.2 Å². The third-order valence-corrected chi connectivity index (χ3v) is 3.39. The van der Waals surface area contributed by atoms with Gasteiger partial charge in [-0.2, -0.15) is 0 Å². The van der Waals surface area contributed by atoms with E-state index in [0.29, 0.717) is 10.8 Å². The molecule has 1 rings (SSSR count). The van der Waals surface area contributed by atoms with Crippen LogP contribution in [-0.2, 0) is 0 Å². The fourth-order valence-electron chi connectivity index (χ4n) is 1.67. The topological polar surface area (TPSA) is 0 Å². The predicted molar refractivity (Wildman–Crippen MR) is 45.9 cm³/mol. The minimum absolute atomic E-state index is 0.451. The number of rotatable bonds is 1. The van der Waals surface area contributed by atoms with Crippen molar-refractivity contribution in [1.82, 2.24) is 0 Å². The van der Waals surface area contributed by atoms with Crippen molar-refractivity contribution >= 4 is 0 Å². The minimum Gasteiger partial charge on any atom is -0.0874 e. The third-order valence-electron chi connectivity index (χ3n) is 3.39. The second-order valence-electron chi connectivity index (χ2n) is 4.26. The highest BCUT2D eigenvalue weighted by molar-refractivity contribution is 5.12. The molecular formula is C10H18. The van der Waals surface area contributed by atoms with Gasteiger partial charge in [-0.25, -0.2) is 0 Å². The molecule has 0 aromatic heterocycles. The molecule has 1 aliphatic carbocycles. The molecule has 0 aromatic carbocycles. The van der Waals surface area contributed by atoms with Gasteiger partial charge in [0.1, 0.15) is 0 Å². The van der Waals surface area contributed by atoms with Crippen molar-refractivity contribution in [1.29, 1.82) is 0 Å². The molecule has 58 valence electrons. The van der Waals surface area contributed by atoms with E-state index in [2.05, 4.69) is 39.8 Å². The van der Waals surface area contributed by atoms with Gasteiger partial charge in [-0.3, -0.25) is 0 Å². The van der Waals surface area contributed by atoms with Crippen LogP contribution in [0.3, 0.4) is 0 Å². The van der Waals surface area contributed by atoms with E-state index < -0.39 is 0 Å². The molecule has 0 nitrogen and oxygen atoms in total. The van der Waals surface area contributed by atoms with Crippen LogP contribution in [0.25, 0.3) is 0 Å². The maximum Gasteiger partial charge on any atom is -0.00950 e. The lowest BCUT2D eigenvalue weighted by Gasteiger charge is -2.37. The molecule has 0 heterocycles. The number of hydrogen-bond acceptors (Lipinski definition) is 0. The quantitative estimate of drug-likeness (QED) is 0.487. The van der Waals surface area contributed by atoms with E-state index in [9.17, 15) is 0 Å². The summed E-state index contributed by atoms with van der Waals surface area (Å²) in [5, 5.41) is 0. The Balaban J connectivity index is 2.84. The maximum atomic E-state index is 2.38. The first-order valence-electron chi connectivity index (χ1n) is 4.19. The molecule has 10 heavy (non-hydrogen) atoms. The molecule has 0 N–H and O–H groups in total. The van der Waals surface area contributed by atoms with Gasteiger partial charge in [0.2, 0.25) is 0 Å². The molecule has 0 aliphatic heterocycles. The SMILES string of the molecule is CCC1(C)C=CCC1(C)C. The molecule has 1 atom stereocenters. The zero-order chi connectivity index (χ0) is 7.83. The summed E-state index contributed by atoms with van der Waals surface area (Å²) in [7, 11) is 0. The fourth-order valence-corrected chi connectivity index (χ4v) is 1.67. The smallest absolute Gasteiger partial charge is 0.00950 e. The zero-order valence-electron chi connectivity index (χ0n) is 7.57. The van der Waals surface area contributed by atoms with Gasteiger partial charge in [0.25, 0.3) is 0 Å². The van der Waals surface area contributed by atoms with Crippen molar-refractivity contribution in [3.8, 4) is 0 Å². The fraction of sp³-hybridized carbons (Fsp3) is 0.800. The molecule has 1 unspecified atom stereocenters. The summed E-state index contributed by atoms with van der Waals surface area (Å²) in [5.74, 6) is 0. The van der Waals surface area contributed by atoms with E-state index in [-0.39, 0.29) is 0 Å². The monoisotopic (exact) mass is 138 g/mol. The van der Waals surface area contributed by atoms with E-state index >= 15 is 0 Å². The molecule has 0 amide bonds.